The SMILES string of the molecule is CC1CCC(C(CN)NCCCC2CC2)CC1. The minimum absolute atomic E-state index is 0.585. The van der Waals surface area contributed by atoms with Gasteiger partial charge in [-0.15, -0.1) is 0 Å². The first-order chi connectivity index (χ1) is 8.29. The molecule has 2 heteroatoms. The highest BCUT2D eigenvalue weighted by atomic mass is 14.9. The van der Waals surface area contributed by atoms with Crippen molar-refractivity contribution >= 4 is 0 Å². The maximum atomic E-state index is 5.93. The first-order valence-electron chi connectivity index (χ1n) is 7.73. The Hall–Kier alpha value is -0.0800. The standard InChI is InChI=1S/C15H30N2/c1-12-4-8-14(9-5-12)15(11-16)17-10-2-3-13-6-7-13/h12-15,17H,2-11,16H2,1H3. The van der Waals surface area contributed by atoms with E-state index >= 15 is 0 Å². The van der Waals surface area contributed by atoms with Crippen molar-refractivity contribution in [3.8, 4) is 0 Å². The maximum Gasteiger partial charge on any atom is 0.0218 e. The molecule has 0 radical (unpaired) electrons. The van der Waals surface area contributed by atoms with E-state index in [0.717, 1.165) is 24.3 Å². The van der Waals surface area contributed by atoms with Crippen LogP contribution in [0.4, 0.5) is 0 Å². The molecule has 0 bridgehead atoms. The summed E-state index contributed by atoms with van der Waals surface area (Å²) in [6.07, 6.45) is 11.4. The van der Waals surface area contributed by atoms with Crippen LogP contribution in [-0.4, -0.2) is 19.1 Å². The number of hydrogen-bond donors (Lipinski definition) is 2. The van der Waals surface area contributed by atoms with E-state index in [9.17, 15) is 0 Å². The molecule has 2 saturated carbocycles. The lowest BCUT2D eigenvalue weighted by Crippen LogP contribution is -2.43. The van der Waals surface area contributed by atoms with Gasteiger partial charge in [0.05, 0.1) is 0 Å². The third-order valence-corrected chi connectivity index (χ3v) is 4.78. The van der Waals surface area contributed by atoms with Crippen molar-refractivity contribution in [2.24, 2.45) is 23.5 Å². The Morgan fingerprint density at radius 3 is 2.41 bits per heavy atom. The summed E-state index contributed by atoms with van der Waals surface area (Å²) in [4.78, 5) is 0. The molecule has 0 aliphatic heterocycles. The normalized spacial score (nSPS) is 31.4. The van der Waals surface area contributed by atoms with E-state index in [4.69, 9.17) is 5.73 Å². The molecule has 2 aliphatic carbocycles. The van der Waals surface area contributed by atoms with Crippen LogP contribution in [0.15, 0.2) is 0 Å². The van der Waals surface area contributed by atoms with Crippen molar-refractivity contribution in [2.75, 3.05) is 13.1 Å². The Labute approximate surface area is 107 Å². The van der Waals surface area contributed by atoms with Crippen LogP contribution in [0.1, 0.15) is 58.3 Å². The Morgan fingerprint density at radius 2 is 1.82 bits per heavy atom. The fraction of sp³-hybridized carbons (Fsp3) is 1.00. The van der Waals surface area contributed by atoms with Gasteiger partial charge in [-0.1, -0.05) is 32.6 Å². The summed E-state index contributed by atoms with van der Waals surface area (Å²) in [5.41, 5.74) is 5.93. The minimum Gasteiger partial charge on any atom is -0.329 e. The van der Waals surface area contributed by atoms with Crippen LogP contribution in [0.3, 0.4) is 0 Å². The first kappa shape index (κ1) is 13.4. The number of rotatable bonds is 7. The summed E-state index contributed by atoms with van der Waals surface area (Å²) in [6.45, 7) is 4.39. The van der Waals surface area contributed by atoms with Gasteiger partial charge >= 0.3 is 0 Å². The van der Waals surface area contributed by atoms with Gasteiger partial charge in [-0.25, -0.2) is 0 Å². The molecular weight excluding hydrogens is 208 g/mol. The Balaban J connectivity index is 1.60. The Kier molecular flexibility index (Phi) is 5.30. The molecule has 2 rings (SSSR count). The van der Waals surface area contributed by atoms with E-state index in [2.05, 4.69) is 12.2 Å². The lowest BCUT2D eigenvalue weighted by Gasteiger charge is -2.32. The molecule has 100 valence electrons. The molecule has 1 atom stereocenters. The van der Waals surface area contributed by atoms with E-state index < -0.39 is 0 Å². The van der Waals surface area contributed by atoms with Crippen molar-refractivity contribution in [2.45, 2.75) is 64.3 Å². The van der Waals surface area contributed by atoms with Gasteiger partial charge in [-0.2, -0.15) is 0 Å². The first-order valence-corrected chi connectivity index (χ1v) is 7.73. The lowest BCUT2D eigenvalue weighted by molar-refractivity contribution is 0.232. The largest absolute Gasteiger partial charge is 0.329 e. The van der Waals surface area contributed by atoms with Gasteiger partial charge in [0, 0.05) is 12.6 Å². The van der Waals surface area contributed by atoms with E-state index in [1.165, 1.54) is 57.9 Å². The average molecular weight is 238 g/mol. The highest BCUT2D eigenvalue weighted by Gasteiger charge is 2.25. The monoisotopic (exact) mass is 238 g/mol. The summed E-state index contributed by atoms with van der Waals surface area (Å²) in [7, 11) is 0. The molecule has 2 nitrogen and oxygen atoms in total. The summed E-state index contributed by atoms with van der Waals surface area (Å²) in [5.74, 6) is 2.86. The van der Waals surface area contributed by atoms with Gasteiger partial charge in [0.2, 0.25) is 0 Å². The third kappa shape index (κ3) is 4.59. The molecular formula is C15H30N2. The van der Waals surface area contributed by atoms with Crippen LogP contribution in [0.5, 0.6) is 0 Å². The molecule has 2 fully saturated rings. The molecule has 0 spiro atoms. The van der Waals surface area contributed by atoms with E-state index in [-0.39, 0.29) is 0 Å². The highest BCUT2D eigenvalue weighted by molar-refractivity contribution is 4.82. The summed E-state index contributed by atoms with van der Waals surface area (Å²) in [5, 5.41) is 3.71. The number of nitrogens with one attached hydrogen (secondary N) is 1. The summed E-state index contributed by atoms with van der Waals surface area (Å²) >= 11 is 0. The summed E-state index contributed by atoms with van der Waals surface area (Å²) < 4.78 is 0. The number of hydrogen-bond acceptors (Lipinski definition) is 2. The smallest absolute Gasteiger partial charge is 0.0218 e. The predicted octanol–water partition coefficient (Wildman–Crippen LogP) is 2.92. The molecule has 17 heavy (non-hydrogen) atoms. The van der Waals surface area contributed by atoms with Gasteiger partial charge in [-0.3, -0.25) is 0 Å². The van der Waals surface area contributed by atoms with E-state index in [1.807, 2.05) is 0 Å². The second-order valence-electron chi connectivity index (χ2n) is 6.40. The van der Waals surface area contributed by atoms with Crippen LogP contribution in [0.25, 0.3) is 0 Å². The van der Waals surface area contributed by atoms with E-state index in [0.29, 0.717) is 6.04 Å². The van der Waals surface area contributed by atoms with Crippen molar-refractivity contribution in [1.82, 2.24) is 5.32 Å². The van der Waals surface area contributed by atoms with Crippen molar-refractivity contribution in [3.63, 3.8) is 0 Å². The maximum absolute atomic E-state index is 5.93. The molecule has 0 heterocycles. The summed E-state index contributed by atoms with van der Waals surface area (Å²) in [6, 6.07) is 0.585. The fourth-order valence-corrected chi connectivity index (χ4v) is 3.22. The average Bonchev–Trinajstić information content (AvgIpc) is 3.15. The molecule has 0 aromatic heterocycles. The molecule has 1 unspecified atom stereocenters. The van der Waals surface area contributed by atoms with Crippen LogP contribution < -0.4 is 11.1 Å². The molecule has 0 aromatic rings. The quantitative estimate of drug-likeness (QED) is 0.669. The van der Waals surface area contributed by atoms with E-state index in [1.54, 1.807) is 0 Å². The van der Waals surface area contributed by atoms with Crippen LogP contribution in [0.2, 0.25) is 0 Å². The molecule has 0 amide bonds. The zero-order chi connectivity index (χ0) is 12.1. The highest BCUT2D eigenvalue weighted by Crippen LogP contribution is 2.33. The third-order valence-electron chi connectivity index (χ3n) is 4.78. The van der Waals surface area contributed by atoms with Gasteiger partial charge < -0.3 is 11.1 Å². The van der Waals surface area contributed by atoms with Gasteiger partial charge in [-0.05, 0) is 50.0 Å². The molecule has 0 saturated heterocycles. The molecule has 3 N–H and O–H groups in total. The van der Waals surface area contributed by atoms with Crippen LogP contribution in [0, 0.1) is 17.8 Å². The lowest BCUT2D eigenvalue weighted by atomic mass is 9.79. The molecule has 2 aliphatic rings. The van der Waals surface area contributed by atoms with Crippen molar-refractivity contribution in [3.05, 3.63) is 0 Å². The zero-order valence-electron chi connectivity index (χ0n) is 11.5. The zero-order valence-corrected chi connectivity index (χ0v) is 11.5. The van der Waals surface area contributed by atoms with Crippen molar-refractivity contribution in [1.29, 1.82) is 0 Å². The predicted molar refractivity (Wildman–Crippen MR) is 73.9 cm³/mol. The van der Waals surface area contributed by atoms with Crippen LogP contribution >= 0.6 is 0 Å². The molecule has 0 aromatic carbocycles. The second kappa shape index (κ2) is 6.75. The second-order valence-corrected chi connectivity index (χ2v) is 6.40. The van der Waals surface area contributed by atoms with Gasteiger partial charge in [0.25, 0.3) is 0 Å². The number of nitrogens with two attached hydrogens (primary N) is 1. The topological polar surface area (TPSA) is 38.0 Å². The Bertz CT molecular complexity index is 205. The minimum atomic E-state index is 0.585. The van der Waals surface area contributed by atoms with Crippen LogP contribution in [-0.2, 0) is 0 Å². The Morgan fingerprint density at radius 1 is 1.12 bits per heavy atom. The van der Waals surface area contributed by atoms with Gasteiger partial charge in [0.15, 0.2) is 0 Å². The fourth-order valence-electron chi connectivity index (χ4n) is 3.22. The van der Waals surface area contributed by atoms with Gasteiger partial charge in [0.1, 0.15) is 0 Å². The van der Waals surface area contributed by atoms with Crippen molar-refractivity contribution < 1.29 is 0 Å².